The number of hydrogen-bond acceptors (Lipinski definition) is 3. The highest BCUT2D eigenvalue weighted by Gasteiger charge is 2.30. The molecule has 0 radical (unpaired) electrons. The molecule has 0 aromatic heterocycles. The lowest BCUT2D eigenvalue weighted by molar-refractivity contribution is -0.137. The third-order valence-electron chi connectivity index (χ3n) is 4.41. The summed E-state index contributed by atoms with van der Waals surface area (Å²) >= 11 is 0. The molecule has 9 heteroatoms. The number of piperazine rings is 1. The van der Waals surface area contributed by atoms with Gasteiger partial charge in [0, 0.05) is 31.9 Å². The van der Waals surface area contributed by atoms with Crippen LogP contribution in [0.4, 0.5) is 28.9 Å². The van der Waals surface area contributed by atoms with Crippen LogP contribution in [-0.2, 0) is 11.0 Å². The molecule has 1 N–H and O–H groups in total. The lowest BCUT2D eigenvalue weighted by Gasteiger charge is -2.35. The number of anilines is 2. The van der Waals surface area contributed by atoms with Crippen molar-refractivity contribution in [2.75, 3.05) is 42.9 Å². The molecule has 0 atom stereocenters. The lowest BCUT2D eigenvalue weighted by Crippen LogP contribution is -2.48. The molecular weight excluding hydrogens is 398 g/mol. The van der Waals surface area contributed by atoms with Crippen LogP contribution in [0.15, 0.2) is 48.5 Å². The van der Waals surface area contributed by atoms with Crippen molar-refractivity contribution >= 4 is 29.7 Å². The zero-order valence-corrected chi connectivity index (χ0v) is 15.7. The van der Waals surface area contributed by atoms with Crippen molar-refractivity contribution in [2.45, 2.75) is 6.18 Å². The fraction of sp³-hybridized carbons (Fsp3) is 0.316. The molecule has 1 amide bonds. The van der Waals surface area contributed by atoms with Gasteiger partial charge in [0.25, 0.3) is 0 Å². The van der Waals surface area contributed by atoms with Gasteiger partial charge < -0.3 is 10.2 Å². The summed E-state index contributed by atoms with van der Waals surface area (Å²) in [6.45, 7) is 2.32. The topological polar surface area (TPSA) is 35.6 Å². The van der Waals surface area contributed by atoms with Gasteiger partial charge in [-0.15, -0.1) is 12.4 Å². The number of benzene rings is 2. The van der Waals surface area contributed by atoms with E-state index in [0.29, 0.717) is 31.9 Å². The summed E-state index contributed by atoms with van der Waals surface area (Å²) in [6.07, 6.45) is -4.45. The average molecular weight is 418 g/mol. The summed E-state index contributed by atoms with van der Waals surface area (Å²) in [7, 11) is 0. The molecule has 1 fully saturated rings. The molecular formula is C19H20ClF4N3O. The van der Waals surface area contributed by atoms with Crippen molar-refractivity contribution in [1.29, 1.82) is 0 Å². The minimum absolute atomic E-state index is 0. The molecule has 0 spiro atoms. The second-order valence-electron chi connectivity index (χ2n) is 6.34. The number of nitrogens with zero attached hydrogens (tertiary/aromatic N) is 2. The van der Waals surface area contributed by atoms with Crippen LogP contribution in [0.3, 0.4) is 0 Å². The van der Waals surface area contributed by atoms with Gasteiger partial charge in [-0.25, -0.2) is 4.39 Å². The molecule has 4 nitrogen and oxygen atoms in total. The Bertz CT molecular complexity index is 808. The highest BCUT2D eigenvalue weighted by atomic mass is 35.5. The Labute approximate surface area is 166 Å². The Morgan fingerprint density at radius 1 is 1.00 bits per heavy atom. The number of alkyl halides is 3. The SMILES string of the molecule is Cl.O=C(CN1CCN(c2ccccc2F)CC1)Nc1cccc(C(F)(F)F)c1. The van der Waals surface area contributed by atoms with E-state index in [0.717, 1.165) is 12.1 Å². The van der Waals surface area contributed by atoms with Crippen LogP contribution >= 0.6 is 12.4 Å². The van der Waals surface area contributed by atoms with Crippen LogP contribution in [0.2, 0.25) is 0 Å². The minimum atomic E-state index is -4.45. The molecule has 0 unspecified atom stereocenters. The highest BCUT2D eigenvalue weighted by molar-refractivity contribution is 5.92. The van der Waals surface area contributed by atoms with E-state index in [4.69, 9.17) is 0 Å². The van der Waals surface area contributed by atoms with Gasteiger partial charge >= 0.3 is 6.18 Å². The molecule has 1 saturated heterocycles. The quantitative estimate of drug-likeness (QED) is 0.763. The van der Waals surface area contributed by atoms with E-state index in [1.807, 2.05) is 9.80 Å². The van der Waals surface area contributed by atoms with Crippen molar-refractivity contribution < 1.29 is 22.4 Å². The van der Waals surface area contributed by atoms with E-state index in [9.17, 15) is 22.4 Å². The van der Waals surface area contributed by atoms with E-state index >= 15 is 0 Å². The maximum Gasteiger partial charge on any atom is 0.416 e. The van der Waals surface area contributed by atoms with Crippen molar-refractivity contribution in [3.05, 3.63) is 59.9 Å². The van der Waals surface area contributed by atoms with E-state index in [-0.39, 0.29) is 36.4 Å². The Hall–Kier alpha value is -2.32. The first-order chi connectivity index (χ1) is 12.8. The molecule has 152 valence electrons. The second-order valence-corrected chi connectivity index (χ2v) is 6.34. The molecule has 2 aromatic carbocycles. The third kappa shape index (κ3) is 5.59. The molecule has 0 aliphatic carbocycles. The summed E-state index contributed by atoms with van der Waals surface area (Å²) in [5.74, 6) is -0.665. The predicted octanol–water partition coefficient (Wildman–Crippen LogP) is 4.03. The summed E-state index contributed by atoms with van der Waals surface area (Å²) in [4.78, 5) is 15.9. The summed E-state index contributed by atoms with van der Waals surface area (Å²) in [5, 5.41) is 2.50. The van der Waals surface area contributed by atoms with Gasteiger partial charge in [-0.2, -0.15) is 13.2 Å². The Morgan fingerprint density at radius 3 is 2.32 bits per heavy atom. The molecule has 0 bridgehead atoms. The second kappa shape index (κ2) is 9.25. The van der Waals surface area contributed by atoms with Gasteiger partial charge in [0.2, 0.25) is 5.91 Å². The zero-order chi connectivity index (χ0) is 19.4. The number of rotatable bonds is 4. The first-order valence-corrected chi connectivity index (χ1v) is 8.52. The maximum atomic E-state index is 13.8. The number of hydrogen-bond donors (Lipinski definition) is 1. The molecule has 2 aromatic rings. The van der Waals surface area contributed by atoms with E-state index in [2.05, 4.69) is 5.32 Å². The number of para-hydroxylation sites is 1. The smallest absolute Gasteiger partial charge is 0.367 e. The molecule has 1 heterocycles. The number of amides is 1. The fourth-order valence-electron chi connectivity index (χ4n) is 3.03. The third-order valence-corrected chi connectivity index (χ3v) is 4.41. The molecule has 1 aliphatic rings. The number of nitrogens with one attached hydrogen (secondary N) is 1. The first-order valence-electron chi connectivity index (χ1n) is 8.52. The van der Waals surface area contributed by atoms with Crippen molar-refractivity contribution in [1.82, 2.24) is 4.90 Å². The highest BCUT2D eigenvalue weighted by Crippen LogP contribution is 2.30. The minimum Gasteiger partial charge on any atom is -0.367 e. The average Bonchev–Trinajstić information content (AvgIpc) is 2.62. The van der Waals surface area contributed by atoms with Gasteiger partial charge in [-0.3, -0.25) is 9.69 Å². The lowest BCUT2D eigenvalue weighted by atomic mass is 10.2. The van der Waals surface area contributed by atoms with Crippen LogP contribution in [0, 0.1) is 5.82 Å². The summed E-state index contributed by atoms with van der Waals surface area (Å²) < 4.78 is 52.0. The van der Waals surface area contributed by atoms with Crippen LogP contribution in [0.25, 0.3) is 0 Å². The van der Waals surface area contributed by atoms with Gasteiger partial charge in [-0.1, -0.05) is 18.2 Å². The maximum absolute atomic E-state index is 13.8. The molecule has 0 saturated carbocycles. The normalized spacial score (nSPS) is 15.1. The molecule has 1 aliphatic heterocycles. The fourth-order valence-corrected chi connectivity index (χ4v) is 3.03. The number of carbonyl (C=O) groups excluding carboxylic acids is 1. The van der Waals surface area contributed by atoms with Crippen molar-refractivity contribution in [3.63, 3.8) is 0 Å². The largest absolute Gasteiger partial charge is 0.416 e. The van der Waals surface area contributed by atoms with E-state index < -0.39 is 11.7 Å². The standard InChI is InChI=1S/C19H19F4N3O.ClH/c20-16-6-1-2-7-17(16)26-10-8-25(9-11-26)13-18(27)24-15-5-3-4-14(12-15)19(21,22)23;/h1-7,12H,8-11,13H2,(H,24,27);1H. The van der Waals surface area contributed by atoms with E-state index in [1.54, 1.807) is 18.2 Å². The predicted molar refractivity (Wildman–Crippen MR) is 102 cm³/mol. The number of halogens is 5. The van der Waals surface area contributed by atoms with Gasteiger partial charge in [0.05, 0.1) is 17.8 Å². The van der Waals surface area contributed by atoms with Crippen LogP contribution in [0.5, 0.6) is 0 Å². The first kappa shape index (κ1) is 22.0. The monoisotopic (exact) mass is 417 g/mol. The van der Waals surface area contributed by atoms with Crippen molar-refractivity contribution in [2.24, 2.45) is 0 Å². The van der Waals surface area contributed by atoms with Gasteiger partial charge in [0.15, 0.2) is 0 Å². The Balaban J connectivity index is 0.00000280. The van der Waals surface area contributed by atoms with Crippen LogP contribution in [0.1, 0.15) is 5.56 Å². The van der Waals surface area contributed by atoms with Crippen LogP contribution < -0.4 is 10.2 Å². The Morgan fingerprint density at radius 2 is 1.68 bits per heavy atom. The van der Waals surface area contributed by atoms with Crippen molar-refractivity contribution in [3.8, 4) is 0 Å². The molecule has 3 rings (SSSR count). The summed E-state index contributed by atoms with van der Waals surface area (Å²) in [6, 6.07) is 11.1. The van der Waals surface area contributed by atoms with Crippen LogP contribution in [-0.4, -0.2) is 43.5 Å². The number of carbonyl (C=O) groups is 1. The van der Waals surface area contributed by atoms with Gasteiger partial charge in [0.1, 0.15) is 5.82 Å². The Kier molecular flexibility index (Phi) is 7.26. The van der Waals surface area contributed by atoms with E-state index in [1.165, 1.54) is 18.2 Å². The van der Waals surface area contributed by atoms with Gasteiger partial charge in [-0.05, 0) is 30.3 Å². The summed E-state index contributed by atoms with van der Waals surface area (Å²) in [5.41, 5.74) is -0.163. The zero-order valence-electron chi connectivity index (χ0n) is 14.9. The molecule has 28 heavy (non-hydrogen) atoms.